The lowest BCUT2D eigenvalue weighted by Crippen LogP contribution is -2.49. The van der Waals surface area contributed by atoms with Gasteiger partial charge in [-0.15, -0.1) is 0 Å². The highest BCUT2D eigenvalue weighted by molar-refractivity contribution is 5.94. The van der Waals surface area contributed by atoms with E-state index in [0.717, 1.165) is 11.6 Å². The van der Waals surface area contributed by atoms with Crippen molar-refractivity contribution >= 4 is 11.6 Å². The van der Waals surface area contributed by atoms with Crippen LogP contribution in [0.5, 0.6) is 0 Å². The first-order valence-electron chi connectivity index (χ1n) is 8.11. The lowest BCUT2D eigenvalue weighted by Gasteiger charge is -2.36. The predicted octanol–water partition coefficient (Wildman–Crippen LogP) is 3.74. The smallest absolute Gasteiger partial charge is 0.241 e. The summed E-state index contributed by atoms with van der Waals surface area (Å²) in [5, 5.41) is 6.50. The molecular formula is C18H28N2O. The van der Waals surface area contributed by atoms with Gasteiger partial charge in [0.15, 0.2) is 0 Å². The molecule has 1 amide bonds. The predicted molar refractivity (Wildman–Crippen MR) is 88.4 cm³/mol. The summed E-state index contributed by atoms with van der Waals surface area (Å²) in [6, 6.07) is 8.21. The number of aryl methyl sites for hydroxylation is 1. The van der Waals surface area contributed by atoms with Crippen LogP contribution in [0.2, 0.25) is 0 Å². The van der Waals surface area contributed by atoms with E-state index >= 15 is 0 Å². The van der Waals surface area contributed by atoms with Crippen LogP contribution in [0.4, 0.5) is 5.69 Å². The number of carbonyl (C=O) groups excluding carboxylic acids is 1. The minimum absolute atomic E-state index is 0.0456. The van der Waals surface area contributed by atoms with Crippen molar-refractivity contribution in [1.29, 1.82) is 0 Å². The van der Waals surface area contributed by atoms with Crippen molar-refractivity contribution in [3.8, 4) is 0 Å². The van der Waals surface area contributed by atoms with Crippen molar-refractivity contribution < 1.29 is 4.79 Å². The van der Waals surface area contributed by atoms with Gasteiger partial charge in [-0.05, 0) is 44.2 Å². The Morgan fingerprint density at radius 3 is 2.52 bits per heavy atom. The Morgan fingerprint density at radius 1 is 1.19 bits per heavy atom. The van der Waals surface area contributed by atoms with Gasteiger partial charge in [-0.1, -0.05) is 44.4 Å². The van der Waals surface area contributed by atoms with E-state index in [0.29, 0.717) is 12.0 Å². The molecule has 2 rings (SSSR count). The Hall–Kier alpha value is -1.35. The lowest BCUT2D eigenvalue weighted by atomic mass is 9.78. The molecule has 0 aromatic heterocycles. The quantitative estimate of drug-likeness (QED) is 0.886. The number of hydrogen-bond donors (Lipinski definition) is 2. The summed E-state index contributed by atoms with van der Waals surface area (Å²) >= 11 is 0. The van der Waals surface area contributed by atoms with Gasteiger partial charge in [0.1, 0.15) is 0 Å². The first-order chi connectivity index (χ1) is 9.97. The molecule has 2 N–H and O–H groups in total. The van der Waals surface area contributed by atoms with Crippen molar-refractivity contribution in [2.75, 3.05) is 5.32 Å². The summed E-state index contributed by atoms with van der Waals surface area (Å²) < 4.78 is 0. The van der Waals surface area contributed by atoms with Gasteiger partial charge >= 0.3 is 0 Å². The molecule has 1 aliphatic rings. The van der Waals surface area contributed by atoms with Crippen molar-refractivity contribution in [3.05, 3.63) is 29.8 Å². The van der Waals surface area contributed by atoms with Gasteiger partial charge in [-0.3, -0.25) is 4.79 Å². The number of benzene rings is 1. The Morgan fingerprint density at radius 2 is 1.86 bits per heavy atom. The van der Waals surface area contributed by atoms with Crippen LogP contribution in [0, 0.1) is 18.8 Å². The first-order valence-corrected chi connectivity index (χ1v) is 8.11. The Labute approximate surface area is 128 Å². The van der Waals surface area contributed by atoms with E-state index in [4.69, 9.17) is 0 Å². The molecule has 0 heterocycles. The summed E-state index contributed by atoms with van der Waals surface area (Å²) in [5.74, 6) is 1.42. The molecule has 4 atom stereocenters. The van der Waals surface area contributed by atoms with Crippen LogP contribution in [0.3, 0.4) is 0 Å². The minimum Gasteiger partial charge on any atom is -0.325 e. The summed E-state index contributed by atoms with van der Waals surface area (Å²) in [7, 11) is 0. The van der Waals surface area contributed by atoms with Crippen LogP contribution < -0.4 is 10.6 Å². The average molecular weight is 288 g/mol. The Kier molecular flexibility index (Phi) is 5.40. The zero-order valence-electron chi connectivity index (χ0n) is 13.6. The Bertz CT molecular complexity index is 469. The Balaban J connectivity index is 1.88. The van der Waals surface area contributed by atoms with Crippen molar-refractivity contribution in [2.24, 2.45) is 11.8 Å². The monoisotopic (exact) mass is 288 g/mol. The third kappa shape index (κ3) is 4.31. The fourth-order valence-corrected chi connectivity index (χ4v) is 3.10. The van der Waals surface area contributed by atoms with E-state index in [1.165, 1.54) is 24.8 Å². The maximum Gasteiger partial charge on any atom is 0.241 e. The maximum absolute atomic E-state index is 12.3. The maximum atomic E-state index is 12.3. The van der Waals surface area contributed by atoms with E-state index in [2.05, 4.69) is 24.5 Å². The highest BCUT2D eigenvalue weighted by atomic mass is 16.2. The van der Waals surface area contributed by atoms with Gasteiger partial charge in [-0.2, -0.15) is 0 Å². The molecule has 3 nitrogen and oxygen atoms in total. The SMILES string of the molecule is Cc1ccc(NC(=O)[C@H](C)N[C@H]2CCC[C@H](C)[C@@H]2C)cc1. The molecule has 1 saturated carbocycles. The summed E-state index contributed by atoms with van der Waals surface area (Å²) in [5.41, 5.74) is 2.06. The zero-order valence-corrected chi connectivity index (χ0v) is 13.6. The van der Waals surface area contributed by atoms with Crippen LogP contribution in [-0.4, -0.2) is 18.0 Å². The molecule has 1 fully saturated rings. The fourth-order valence-electron chi connectivity index (χ4n) is 3.10. The molecule has 21 heavy (non-hydrogen) atoms. The molecule has 116 valence electrons. The molecule has 1 aromatic rings. The minimum atomic E-state index is -0.163. The van der Waals surface area contributed by atoms with Crippen LogP contribution >= 0.6 is 0 Å². The van der Waals surface area contributed by atoms with E-state index in [1.807, 2.05) is 38.1 Å². The number of carbonyl (C=O) groups is 1. The molecule has 0 radical (unpaired) electrons. The van der Waals surface area contributed by atoms with Gasteiger partial charge in [0, 0.05) is 11.7 Å². The highest BCUT2D eigenvalue weighted by Gasteiger charge is 2.29. The molecule has 0 saturated heterocycles. The van der Waals surface area contributed by atoms with E-state index < -0.39 is 0 Å². The third-order valence-electron chi connectivity index (χ3n) is 4.88. The zero-order chi connectivity index (χ0) is 15.4. The van der Waals surface area contributed by atoms with E-state index in [1.54, 1.807) is 0 Å². The molecule has 0 spiro atoms. The van der Waals surface area contributed by atoms with Crippen molar-refractivity contribution in [1.82, 2.24) is 5.32 Å². The average Bonchev–Trinajstić information content (AvgIpc) is 2.46. The number of anilines is 1. The molecule has 0 aliphatic heterocycles. The van der Waals surface area contributed by atoms with Gasteiger partial charge in [0.25, 0.3) is 0 Å². The van der Waals surface area contributed by atoms with E-state index in [9.17, 15) is 4.79 Å². The summed E-state index contributed by atoms with van der Waals surface area (Å²) in [6.07, 6.45) is 3.74. The second-order valence-corrected chi connectivity index (χ2v) is 6.62. The van der Waals surface area contributed by atoms with Gasteiger partial charge in [-0.25, -0.2) is 0 Å². The summed E-state index contributed by atoms with van der Waals surface area (Å²) in [6.45, 7) is 8.61. The van der Waals surface area contributed by atoms with Crippen molar-refractivity contribution in [2.45, 2.75) is 59.0 Å². The normalized spacial score (nSPS) is 27.1. The molecule has 3 heteroatoms. The molecule has 1 aliphatic carbocycles. The second-order valence-electron chi connectivity index (χ2n) is 6.62. The topological polar surface area (TPSA) is 41.1 Å². The van der Waals surface area contributed by atoms with E-state index in [-0.39, 0.29) is 11.9 Å². The number of nitrogens with one attached hydrogen (secondary N) is 2. The van der Waals surface area contributed by atoms with Crippen LogP contribution in [0.1, 0.15) is 45.6 Å². The molecule has 0 unspecified atom stereocenters. The van der Waals surface area contributed by atoms with Crippen LogP contribution in [0.15, 0.2) is 24.3 Å². The first kappa shape index (κ1) is 16.0. The largest absolute Gasteiger partial charge is 0.325 e. The summed E-state index contributed by atoms with van der Waals surface area (Å²) in [4.78, 5) is 12.3. The molecule has 1 aromatic carbocycles. The van der Waals surface area contributed by atoms with Gasteiger partial charge < -0.3 is 10.6 Å². The number of rotatable bonds is 4. The molecule has 0 bridgehead atoms. The van der Waals surface area contributed by atoms with Gasteiger partial charge in [0.05, 0.1) is 6.04 Å². The number of hydrogen-bond acceptors (Lipinski definition) is 2. The molecular weight excluding hydrogens is 260 g/mol. The highest BCUT2D eigenvalue weighted by Crippen LogP contribution is 2.29. The number of amides is 1. The lowest BCUT2D eigenvalue weighted by molar-refractivity contribution is -0.118. The van der Waals surface area contributed by atoms with Crippen LogP contribution in [0.25, 0.3) is 0 Å². The second kappa shape index (κ2) is 7.08. The fraction of sp³-hybridized carbons (Fsp3) is 0.611. The van der Waals surface area contributed by atoms with Crippen LogP contribution in [-0.2, 0) is 4.79 Å². The third-order valence-corrected chi connectivity index (χ3v) is 4.88. The standard InChI is InChI=1S/C18H28N2O/c1-12-8-10-16(11-9-12)20-18(21)15(4)19-17-7-5-6-13(2)14(17)3/h8-11,13-15,17,19H,5-7H2,1-4H3,(H,20,21)/t13-,14-,15-,17-/m0/s1. The van der Waals surface area contributed by atoms with Gasteiger partial charge in [0.2, 0.25) is 5.91 Å². The van der Waals surface area contributed by atoms with Crippen molar-refractivity contribution in [3.63, 3.8) is 0 Å².